The number of anilines is 2. The number of likely N-dealkylation sites (N-methyl/N-ethyl adjacent to an activating group) is 1. The number of carbonyl (C=O) groups is 1. The van der Waals surface area contributed by atoms with E-state index >= 15 is 0 Å². The first-order chi connectivity index (χ1) is 12.1. The Kier molecular flexibility index (Phi) is 5.56. The molecule has 25 heavy (non-hydrogen) atoms. The van der Waals surface area contributed by atoms with Gasteiger partial charge >= 0.3 is 0 Å². The van der Waals surface area contributed by atoms with Crippen LogP contribution in [0.5, 0.6) is 0 Å². The number of rotatable bonds is 7. The molecule has 1 saturated carbocycles. The van der Waals surface area contributed by atoms with Crippen molar-refractivity contribution in [1.82, 2.24) is 10.3 Å². The van der Waals surface area contributed by atoms with Gasteiger partial charge in [0.2, 0.25) is 0 Å². The van der Waals surface area contributed by atoms with Gasteiger partial charge in [-0.3, -0.25) is 0 Å². The van der Waals surface area contributed by atoms with Crippen LogP contribution >= 0.6 is 0 Å². The second-order valence-corrected chi connectivity index (χ2v) is 6.86. The zero-order valence-corrected chi connectivity index (χ0v) is 14.9. The Balaban J connectivity index is 1.96. The van der Waals surface area contributed by atoms with Crippen LogP contribution in [0.1, 0.15) is 18.4 Å². The van der Waals surface area contributed by atoms with Gasteiger partial charge in [-0.15, -0.1) is 0 Å². The molecule has 138 valence electrons. The number of hydrogen-bond acceptors (Lipinski definition) is 6. The number of aldehydes is 1. The van der Waals surface area contributed by atoms with Gasteiger partial charge in [-0.1, -0.05) is 0 Å². The molecular weight excluding hydrogens is 323 g/mol. The van der Waals surface area contributed by atoms with Crippen molar-refractivity contribution in [3.05, 3.63) is 23.5 Å². The van der Waals surface area contributed by atoms with E-state index in [9.17, 15) is 14.3 Å². The van der Waals surface area contributed by atoms with Gasteiger partial charge in [-0.05, 0) is 37.5 Å². The van der Waals surface area contributed by atoms with E-state index in [1.807, 2.05) is 13.0 Å². The molecule has 2 fully saturated rings. The fraction of sp³-hybridized carbons (Fsp3) is 0.611. The highest BCUT2D eigenvalue weighted by atomic mass is 19.1. The van der Waals surface area contributed by atoms with Crippen LogP contribution in [0, 0.1) is 12.7 Å². The normalized spacial score (nSPS) is 19.2. The summed E-state index contributed by atoms with van der Waals surface area (Å²) in [4.78, 5) is 13.4. The second-order valence-electron chi connectivity index (χ2n) is 6.86. The number of piperazine rings is 1. The minimum Gasteiger partial charge on any atom is -0.394 e. The fourth-order valence-corrected chi connectivity index (χ4v) is 3.40. The molecule has 0 radical (unpaired) electrons. The average Bonchev–Trinajstić information content (AvgIpc) is 3.44. The largest absolute Gasteiger partial charge is 0.394 e. The number of aliphatic hydroxyl groups excluding tert-OH is 1. The maximum Gasteiger partial charge on any atom is 0.146 e. The second kappa shape index (κ2) is 7.68. The van der Waals surface area contributed by atoms with Gasteiger partial charge in [0, 0.05) is 39.3 Å². The lowest BCUT2D eigenvalue weighted by molar-refractivity contribution is -0.113. The van der Waals surface area contributed by atoms with E-state index in [2.05, 4.69) is 15.2 Å². The van der Waals surface area contributed by atoms with Crippen LogP contribution in [-0.2, 0) is 4.79 Å². The number of benzene rings is 1. The van der Waals surface area contributed by atoms with Crippen LogP contribution in [-0.4, -0.2) is 68.3 Å². The molecule has 0 amide bonds. The molecule has 1 aliphatic heterocycles. The first kappa shape index (κ1) is 18.1. The molecule has 1 heterocycles. The predicted molar refractivity (Wildman–Crippen MR) is 96.4 cm³/mol. The van der Waals surface area contributed by atoms with E-state index in [-0.39, 0.29) is 12.4 Å². The van der Waals surface area contributed by atoms with Crippen LogP contribution in [0.15, 0.2) is 12.1 Å². The SMILES string of the molecule is Cc1cc(F)c(N2CCNCC2)cc1N(C1CC1)N(C)C(C=O)CO. The predicted octanol–water partition coefficient (Wildman–Crippen LogP) is 0.919. The van der Waals surface area contributed by atoms with E-state index in [1.54, 1.807) is 18.1 Å². The van der Waals surface area contributed by atoms with Crippen molar-refractivity contribution in [2.24, 2.45) is 0 Å². The number of halogens is 1. The minimum absolute atomic E-state index is 0.212. The Morgan fingerprint density at radius 2 is 2.08 bits per heavy atom. The van der Waals surface area contributed by atoms with Gasteiger partial charge in [-0.2, -0.15) is 0 Å². The lowest BCUT2D eigenvalue weighted by Gasteiger charge is -2.39. The zero-order valence-electron chi connectivity index (χ0n) is 14.9. The first-order valence-corrected chi connectivity index (χ1v) is 8.90. The number of nitrogens with one attached hydrogen (secondary N) is 1. The maximum absolute atomic E-state index is 14.6. The van der Waals surface area contributed by atoms with Crippen LogP contribution in [0.25, 0.3) is 0 Å². The lowest BCUT2D eigenvalue weighted by atomic mass is 10.1. The lowest BCUT2D eigenvalue weighted by Crippen LogP contribution is -2.50. The molecule has 0 spiro atoms. The summed E-state index contributed by atoms with van der Waals surface area (Å²) in [6, 6.07) is 3.15. The summed E-state index contributed by atoms with van der Waals surface area (Å²) < 4.78 is 14.6. The highest BCUT2D eigenvalue weighted by molar-refractivity contribution is 5.66. The number of hydrogen-bond donors (Lipinski definition) is 2. The van der Waals surface area contributed by atoms with Crippen molar-refractivity contribution < 1.29 is 14.3 Å². The van der Waals surface area contributed by atoms with Gasteiger partial charge in [0.05, 0.1) is 18.0 Å². The third-order valence-electron chi connectivity index (χ3n) is 5.03. The average molecular weight is 350 g/mol. The van der Waals surface area contributed by atoms with E-state index in [0.29, 0.717) is 11.7 Å². The highest BCUT2D eigenvalue weighted by Gasteiger charge is 2.36. The molecule has 3 rings (SSSR count). The molecule has 1 atom stereocenters. The van der Waals surface area contributed by atoms with Crippen LogP contribution < -0.4 is 15.2 Å². The van der Waals surface area contributed by atoms with Crippen molar-refractivity contribution in [2.45, 2.75) is 31.8 Å². The summed E-state index contributed by atoms with van der Waals surface area (Å²) >= 11 is 0. The van der Waals surface area contributed by atoms with Crippen LogP contribution in [0.2, 0.25) is 0 Å². The summed E-state index contributed by atoms with van der Waals surface area (Å²) in [6.45, 7) is 4.87. The standard InChI is InChI=1S/C18H27FN4O2/c1-13-9-16(19)18(22-7-5-20-6-8-22)10-17(13)23(14-3-4-14)21(2)15(11-24)12-25/h9-11,14-15,20,25H,3-8,12H2,1-2H3. The fourth-order valence-electron chi connectivity index (χ4n) is 3.40. The first-order valence-electron chi connectivity index (χ1n) is 8.90. The molecule has 1 saturated heterocycles. The van der Waals surface area contributed by atoms with Crippen LogP contribution in [0.3, 0.4) is 0 Å². The maximum atomic E-state index is 14.6. The summed E-state index contributed by atoms with van der Waals surface area (Å²) in [5.41, 5.74) is 2.34. The van der Waals surface area contributed by atoms with Gasteiger partial charge in [0.15, 0.2) is 0 Å². The Hall–Kier alpha value is -1.70. The molecule has 1 aliphatic carbocycles. The van der Waals surface area contributed by atoms with E-state index in [0.717, 1.165) is 56.6 Å². The molecular formula is C18H27FN4O2. The van der Waals surface area contributed by atoms with Gasteiger partial charge in [0.25, 0.3) is 0 Å². The highest BCUT2D eigenvalue weighted by Crippen LogP contribution is 2.38. The van der Waals surface area contributed by atoms with Crippen molar-refractivity contribution >= 4 is 17.7 Å². The van der Waals surface area contributed by atoms with Crippen molar-refractivity contribution in [3.63, 3.8) is 0 Å². The number of aliphatic hydroxyl groups is 1. The van der Waals surface area contributed by atoms with Crippen molar-refractivity contribution in [1.29, 1.82) is 0 Å². The summed E-state index contributed by atoms with van der Waals surface area (Å²) in [5, 5.41) is 16.6. The molecule has 7 heteroatoms. The quantitative estimate of drug-likeness (QED) is 0.563. The molecule has 1 unspecified atom stereocenters. The van der Waals surface area contributed by atoms with Crippen molar-refractivity contribution in [3.8, 4) is 0 Å². The monoisotopic (exact) mass is 350 g/mol. The zero-order chi connectivity index (χ0) is 18.0. The molecule has 0 aromatic heterocycles. The molecule has 1 aromatic rings. The van der Waals surface area contributed by atoms with Crippen LogP contribution in [0.4, 0.5) is 15.8 Å². The number of hydrazine groups is 1. The van der Waals surface area contributed by atoms with Gasteiger partial charge < -0.3 is 25.1 Å². The Morgan fingerprint density at radius 1 is 1.40 bits per heavy atom. The Bertz CT molecular complexity index is 617. The third kappa shape index (κ3) is 3.78. The number of carbonyl (C=O) groups excluding carboxylic acids is 1. The topological polar surface area (TPSA) is 59.0 Å². The molecule has 1 aromatic carbocycles. The smallest absolute Gasteiger partial charge is 0.146 e. The molecule has 2 aliphatic rings. The van der Waals surface area contributed by atoms with E-state index in [1.165, 1.54) is 0 Å². The van der Waals surface area contributed by atoms with E-state index in [4.69, 9.17) is 0 Å². The summed E-state index contributed by atoms with van der Waals surface area (Å²) in [6.07, 6.45) is 2.81. The summed E-state index contributed by atoms with van der Waals surface area (Å²) in [7, 11) is 1.81. The van der Waals surface area contributed by atoms with Gasteiger partial charge in [0.1, 0.15) is 18.1 Å². The number of nitrogens with zero attached hydrogens (tertiary/aromatic N) is 3. The van der Waals surface area contributed by atoms with E-state index < -0.39 is 6.04 Å². The Morgan fingerprint density at radius 3 is 2.64 bits per heavy atom. The molecule has 0 bridgehead atoms. The molecule has 6 nitrogen and oxygen atoms in total. The Labute approximate surface area is 148 Å². The summed E-state index contributed by atoms with van der Waals surface area (Å²) in [5.74, 6) is -0.212. The van der Waals surface area contributed by atoms with Crippen molar-refractivity contribution in [2.75, 3.05) is 49.7 Å². The number of aryl methyl sites for hydroxylation is 1. The van der Waals surface area contributed by atoms with Gasteiger partial charge in [-0.25, -0.2) is 9.40 Å². The minimum atomic E-state index is -0.604. The third-order valence-corrected chi connectivity index (χ3v) is 5.03. The molecule has 2 N–H and O–H groups in total.